The van der Waals surface area contributed by atoms with E-state index in [1.807, 2.05) is 6.92 Å². The molecule has 2 heteroatoms. The van der Waals surface area contributed by atoms with E-state index in [9.17, 15) is 0 Å². The number of rotatable bonds is 3. The molecule has 1 aliphatic heterocycles. The molecule has 1 aromatic carbocycles. The Morgan fingerprint density at radius 1 is 1.44 bits per heavy atom. The Morgan fingerprint density at radius 2 is 2.22 bits per heavy atom. The first kappa shape index (κ1) is 13.2. The van der Waals surface area contributed by atoms with E-state index in [0.29, 0.717) is 0 Å². The first-order chi connectivity index (χ1) is 8.58. The Hall–Kier alpha value is -1.28. The predicted molar refractivity (Wildman–Crippen MR) is 79.0 cm³/mol. The van der Waals surface area contributed by atoms with Crippen LogP contribution in [0.5, 0.6) is 0 Å². The van der Waals surface area contributed by atoms with Crippen LogP contribution < -0.4 is 10.6 Å². The van der Waals surface area contributed by atoms with Gasteiger partial charge < -0.3 is 10.6 Å². The van der Waals surface area contributed by atoms with Gasteiger partial charge >= 0.3 is 0 Å². The largest absolute Gasteiger partial charge is 0.368 e. The van der Waals surface area contributed by atoms with Gasteiger partial charge in [0.05, 0.1) is 0 Å². The van der Waals surface area contributed by atoms with Crippen LogP contribution in [0.15, 0.2) is 29.8 Å². The van der Waals surface area contributed by atoms with Crippen molar-refractivity contribution in [3.63, 3.8) is 0 Å². The molecular formula is C16H24N2. The molecule has 1 atom stereocenters. The number of aryl methyl sites for hydroxylation is 1. The first-order valence-electron chi connectivity index (χ1n) is 6.84. The van der Waals surface area contributed by atoms with Crippen LogP contribution in [0.1, 0.15) is 44.4 Å². The molecule has 0 aliphatic carbocycles. The molecule has 0 radical (unpaired) electrons. The zero-order chi connectivity index (χ0) is 13.1. The van der Waals surface area contributed by atoms with Crippen LogP contribution in [0, 0.1) is 0 Å². The Labute approximate surface area is 110 Å². The van der Waals surface area contributed by atoms with E-state index in [1.165, 1.54) is 35.2 Å². The summed E-state index contributed by atoms with van der Waals surface area (Å²) in [6, 6.07) is 6.83. The summed E-state index contributed by atoms with van der Waals surface area (Å²) in [5.41, 5.74) is 11.4. The topological polar surface area (TPSA) is 29.3 Å². The highest BCUT2D eigenvalue weighted by molar-refractivity contribution is 5.57. The van der Waals surface area contributed by atoms with Gasteiger partial charge in [-0.25, -0.2) is 0 Å². The number of allylic oxidation sites excluding steroid dienone is 1. The van der Waals surface area contributed by atoms with Gasteiger partial charge in [0, 0.05) is 24.8 Å². The second-order valence-corrected chi connectivity index (χ2v) is 5.51. The van der Waals surface area contributed by atoms with Crippen molar-refractivity contribution in [1.29, 1.82) is 0 Å². The van der Waals surface area contributed by atoms with E-state index < -0.39 is 0 Å². The van der Waals surface area contributed by atoms with Crippen LogP contribution in [0.25, 0.3) is 0 Å². The van der Waals surface area contributed by atoms with E-state index in [2.05, 4.69) is 43.0 Å². The van der Waals surface area contributed by atoms with Gasteiger partial charge in [-0.3, -0.25) is 0 Å². The lowest BCUT2D eigenvalue weighted by molar-refractivity contribution is 0.716. The molecule has 1 unspecified atom stereocenters. The van der Waals surface area contributed by atoms with Crippen molar-refractivity contribution in [2.24, 2.45) is 5.73 Å². The van der Waals surface area contributed by atoms with Crippen LogP contribution in [0.2, 0.25) is 0 Å². The standard InChI is InChI=1S/C16H24N2/c1-12(2)8-10-18-9-4-5-15-11-14(13(3)17)6-7-16(15)18/h6-8,11,13H,4-5,9-10,17H2,1-3H3. The summed E-state index contributed by atoms with van der Waals surface area (Å²) < 4.78 is 0. The molecule has 2 N–H and O–H groups in total. The van der Waals surface area contributed by atoms with Gasteiger partial charge in [-0.1, -0.05) is 23.8 Å². The van der Waals surface area contributed by atoms with Gasteiger partial charge in [0.15, 0.2) is 0 Å². The summed E-state index contributed by atoms with van der Waals surface area (Å²) in [5.74, 6) is 0. The molecule has 1 aromatic rings. The number of hydrogen-bond donors (Lipinski definition) is 1. The maximum absolute atomic E-state index is 5.96. The van der Waals surface area contributed by atoms with Gasteiger partial charge in [-0.2, -0.15) is 0 Å². The summed E-state index contributed by atoms with van der Waals surface area (Å²) in [7, 11) is 0. The third kappa shape index (κ3) is 2.94. The van der Waals surface area contributed by atoms with Crippen molar-refractivity contribution in [3.05, 3.63) is 41.0 Å². The number of nitrogens with two attached hydrogens (primary N) is 1. The smallest absolute Gasteiger partial charge is 0.0401 e. The number of anilines is 1. The molecule has 0 amide bonds. The van der Waals surface area contributed by atoms with Gasteiger partial charge in [-0.15, -0.1) is 0 Å². The molecule has 98 valence electrons. The summed E-state index contributed by atoms with van der Waals surface area (Å²) in [4.78, 5) is 2.47. The Bertz CT molecular complexity index is 442. The summed E-state index contributed by atoms with van der Waals surface area (Å²) in [5, 5.41) is 0. The maximum Gasteiger partial charge on any atom is 0.0401 e. The minimum atomic E-state index is 0.128. The second kappa shape index (κ2) is 5.57. The third-order valence-corrected chi connectivity index (χ3v) is 3.56. The summed E-state index contributed by atoms with van der Waals surface area (Å²) in [6.45, 7) is 8.54. The normalized spacial score (nSPS) is 16.1. The number of fused-ring (bicyclic) bond motifs is 1. The van der Waals surface area contributed by atoms with E-state index in [-0.39, 0.29) is 6.04 Å². The van der Waals surface area contributed by atoms with Gasteiger partial charge in [0.2, 0.25) is 0 Å². The molecule has 2 rings (SSSR count). The number of nitrogens with zero attached hydrogens (tertiary/aromatic N) is 1. The minimum absolute atomic E-state index is 0.128. The lowest BCUT2D eigenvalue weighted by Crippen LogP contribution is -2.29. The van der Waals surface area contributed by atoms with Gasteiger partial charge in [-0.05, 0) is 50.8 Å². The predicted octanol–water partition coefficient (Wildman–Crippen LogP) is 3.43. The van der Waals surface area contributed by atoms with Crippen molar-refractivity contribution >= 4 is 5.69 Å². The molecule has 0 saturated heterocycles. The average molecular weight is 244 g/mol. The fourth-order valence-corrected chi connectivity index (χ4v) is 2.46. The van der Waals surface area contributed by atoms with Crippen molar-refractivity contribution in [2.45, 2.75) is 39.7 Å². The Morgan fingerprint density at radius 3 is 2.89 bits per heavy atom. The third-order valence-electron chi connectivity index (χ3n) is 3.56. The van der Waals surface area contributed by atoms with Crippen molar-refractivity contribution in [1.82, 2.24) is 0 Å². The Balaban J connectivity index is 2.24. The van der Waals surface area contributed by atoms with Crippen molar-refractivity contribution < 1.29 is 0 Å². The molecule has 0 aromatic heterocycles. The van der Waals surface area contributed by atoms with E-state index in [0.717, 1.165) is 13.1 Å². The lowest BCUT2D eigenvalue weighted by atomic mass is 9.97. The van der Waals surface area contributed by atoms with E-state index in [1.54, 1.807) is 0 Å². The van der Waals surface area contributed by atoms with Crippen LogP contribution in [0.4, 0.5) is 5.69 Å². The van der Waals surface area contributed by atoms with Gasteiger partial charge in [0.25, 0.3) is 0 Å². The second-order valence-electron chi connectivity index (χ2n) is 5.51. The molecule has 0 saturated carbocycles. The highest BCUT2D eigenvalue weighted by Gasteiger charge is 2.16. The molecule has 2 nitrogen and oxygen atoms in total. The van der Waals surface area contributed by atoms with Crippen LogP contribution in [-0.4, -0.2) is 13.1 Å². The van der Waals surface area contributed by atoms with Crippen molar-refractivity contribution in [2.75, 3.05) is 18.0 Å². The fraction of sp³-hybridized carbons (Fsp3) is 0.500. The number of hydrogen-bond acceptors (Lipinski definition) is 2. The zero-order valence-corrected chi connectivity index (χ0v) is 11.7. The molecule has 0 spiro atoms. The first-order valence-corrected chi connectivity index (χ1v) is 6.84. The molecule has 0 fully saturated rings. The number of benzene rings is 1. The molecule has 0 bridgehead atoms. The van der Waals surface area contributed by atoms with Crippen LogP contribution in [-0.2, 0) is 6.42 Å². The minimum Gasteiger partial charge on any atom is -0.368 e. The van der Waals surface area contributed by atoms with Crippen LogP contribution in [0.3, 0.4) is 0 Å². The van der Waals surface area contributed by atoms with Crippen molar-refractivity contribution in [3.8, 4) is 0 Å². The quantitative estimate of drug-likeness (QED) is 0.825. The molecule has 1 heterocycles. The fourth-order valence-electron chi connectivity index (χ4n) is 2.46. The maximum atomic E-state index is 5.96. The molecular weight excluding hydrogens is 220 g/mol. The Kier molecular flexibility index (Phi) is 4.07. The summed E-state index contributed by atoms with van der Waals surface area (Å²) >= 11 is 0. The van der Waals surface area contributed by atoms with E-state index >= 15 is 0 Å². The summed E-state index contributed by atoms with van der Waals surface area (Å²) in [6.07, 6.45) is 4.72. The van der Waals surface area contributed by atoms with Gasteiger partial charge in [0.1, 0.15) is 0 Å². The van der Waals surface area contributed by atoms with E-state index in [4.69, 9.17) is 5.73 Å². The average Bonchev–Trinajstić information content (AvgIpc) is 2.35. The SMILES string of the molecule is CC(C)=CCN1CCCc2cc(C(C)N)ccc21. The zero-order valence-electron chi connectivity index (χ0n) is 11.7. The lowest BCUT2D eigenvalue weighted by Gasteiger charge is -2.31. The highest BCUT2D eigenvalue weighted by atomic mass is 15.1. The molecule has 1 aliphatic rings. The highest BCUT2D eigenvalue weighted by Crippen LogP contribution is 2.29. The van der Waals surface area contributed by atoms with Crippen LogP contribution >= 0.6 is 0 Å². The monoisotopic (exact) mass is 244 g/mol. The molecule has 18 heavy (non-hydrogen) atoms.